The van der Waals surface area contributed by atoms with E-state index in [0.717, 1.165) is 85.4 Å². The van der Waals surface area contributed by atoms with Crippen LogP contribution in [0.25, 0.3) is 34.0 Å². The number of piperidine rings is 6. The van der Waals surface area contributed by atoms with Crippen molar-refractivity contribution >= 4 is 45.5 Å². The van der Waals surface area contributed by atoms with Crippen LogP contribution in [0.4, 0.5) is 0 Å². The fourth-order valence-corrected chi connectivity index (χ4v) is 6.54. The summed E-state index contributed by atoms with van der Waals surface area (Å²) in [5.74, 6) is 1.20. The number of aromatic amines is 2. The molecule has 0 amide bonds. The Morgan fingerprint density at radius 2 is 1.00 bits per heavy atom. The van der Waals surface area contributed by atoms with Crippen molar-refractivity contribution in [3.05, 3.63) is 83.4 Å². The van der Waals surface area contributed by atoms with Gasteiger partial charge in [-0.25, -0.2) is 0 Å². The zero-order valence-electron chi connectivity index (χ0n) is 21.5. The van der Waals surface area contributed by atoms with Crippen LogP contribution in [0.15, 0.2) is 72.3 Å². The van der Waals surface area contributed by atoms with Crippen molar-refractivity contribution in [3.8, 4) is 0 Å². The summed E-state index contributed by atoms with van der Waals surface area (Å²) in [4.78, 5) is 35.7. The first-order chi connectivity index (χ1) is 18.7. The van der Waals surface area contributed by atoms with Gasteiger partial charge in [0.15, 0.2) is 11.6 Å². The lowest BCUT2D eigenvalue weighted by atomic mass is 9.84. The van der Waals surface area contributed by atoms with E-state index in [4.69, 9.17) is 0 Å². The molecular formula is C32H32N4O2. The van der Waals surface area contributed by atoms with Gasteiger partial charge in [0.2, 0.25) is 0 Å². The van der Waals surface area contributed by atoms with Crippen LogP contribution < -0.4 is 0 Å². The lowest BCUT2D eigenvalue weighted by Gasteiger charge is -2.41. The van der Waals surface area contributed by atoms with Gasteiger partial charge in [-0.3, -0.25) is 9.59 Å². The van der Waals surface area contributed by atoms with Crippen molar-refractivity contribution in [2.24, 2.45) is 11.8 Å². The Hall–Kier alpha value is -4.06. The smallest absolute Gasteiger partial charge is 0.182 e. The number of aromatic nitrogens is 2. The molecule has 6 aliphatic rings. The largest absolute Gasteiger partial charge is 0.369 e. The average molecular weight is 505 g/mol. The van der Waals surface area contributed by atoms with Gasteiger partial charge in [0.25, 0.3) is 0 Å². The van der Waals surface area contributed by atoms with Gasteiger partial charge in [-0.05, 0) is 50.0 Å². The topological polar surface area (TPSA) is 72.2 Å². The highest BCUT2D eigenvalue weighted by atomic mass is 16.1. The van der Waals surface area contributed by atoms with E-state index in [-0.39, 0.29) is 11.8 Å². The summed E-state index contributed by atoms with van der Waals surface area (Å²) in [6.45, 7) is 4.13. The van der Waals surface area contributed by atoms with E-state index in [0.29, 0.717) is 11.6 Å². The maximum absolute atomic E-state index is 12.3. The summed E-state index contributed by atoms with van der Waals surface area (Å²) in [5, 5.41) is 2.37. The quantitative estimate of drug-likeness (QED) is 0.348. The van der Waals surface area contributed by atoms with Crippen LogP contribution in [-0.4, -0.2) is 57.5 Å². The monoisotopic (exact) mass is 504 g/mol. The van der Waals surface area contributed by atoms with Gasteiger partial charge in [-0.2, -0.15) is 0 Å². The zero-order chi connectivity index (χ0) is 25.6. The molecule has 2 N–H and O–H groups in total. The number of carbonyl (C=O) groups is 2. The number of Topliss-reactive ketones (excluding diaryl/α,β-unsaturated/α-hetero) is 2. The lowest BCUT2D eigenvalue weighted by Crippen LogP contribution is -2.45. The molecule has 6 fully saturated rings. The van der Waals surface area contributed by atoms with Gasteiger partial charge in [0.1, 0.15) is 0 Å². The number of para-hydroxylation sites is 2. The zero-order valence-corrected chi connectivity index (χ0v) is 21.5. The van der Waals surface area contributed by atoms with E-state index in [9.17, 15) is 9.59 Å². The number of hydrogen-bond acceptors (Lipinski definition) is 4. The predicted molar refractivity (Wildman–Crippen MR) is 151 cm³/mol. The molecule has 2 aromatic carbocycles. The number of benzene rings is 2. The molecule has 2 aromatic heterocycles. The third-order valence-corrected chi connectivity index (χ3v) is 8.74. The first-order valence-corrected chi connectivity index (χ1v) is 13.8. The van der Waals surface area contributed by atoms with Gasteiger partial charge >= 0.3 is 0 Å². The lowest BCUT2D eigenvalue weighted by molar-refractivity contribution is -0.126. The second-order valence-electron chi connectivity index (χ2n) is 10.9. The number of H-pyrrole nitrogens is 2. The molecule has 6 saturated heterocycles. The molecule has 0 aliphatic carbocycles. The molecule has 4 bridgehead atoms. The molecule has 38 heavy (non-hydrogen) atoms. The SMILES string of the molecule is O=C1/C(=C/c2c[nH]c3ccccc23)N2CCC1CC2.O=C1/C(=C/c2c[nH]c3ccccc23)N2CCC1CC2. The van der Waals surface area contributed by atoms with E-state index < -0.39 is 0 Å². The predicted octanol–water partition coefficient (Wildman–Crippen LogP) is 5.61. The van der Waals surface area contributed by atoms with E-state index in [2.05, 4.69) is 56.2 Å². The van der Waals surface area contributed by atoms with Gasteiger partial charge in [-0.1, -0.05) is 36.4 Å². The summed E-state index contributed by atoms with van der Waals surface area (Å²) < 4.78 is 0. The minimum Gasteiger partial charge on any atom is -0.369 e. The Kier molecular flexibility index (Phi) is 5.68. The Morgan fingerprint density at radius 1 is 0.605 bits per heavy atom. The molecule has 0 spiro atoms. The third kappa shape index (κ3) is 3.95. The van der Waals surface area contributed by atoms with Gasteiger partial charge < -0.3 is 19.8 Å². The summed E-state index contributed by atoms with van der Waals surface area (Å²) in [6, 6.07) is 16.4. The Bertz CT molecular complexity index is 1470. The van der Waals surface area contributed by atoms with Crippen LogP contribution in [0.2, 0.25) is 0 Å². The van der Waals surface area contributed by atoms with E-state index in [1.807, 2.05) is 36.7 Å². The van der Waals surface area contributed by atoms with Gasteiger partial charge in [-0.15, -0.1) is 0 Å². The Labute approximate surface area is 222 Å². The normalized spacial score (nSPS) is 21.8. The molecule has 8 heterocycles. The Balaban J connectivity index is 0.000000127. The van der Waals surface area contributed by atoms with E-state index in [1.165, 1.54) is 10.8 Å². The minimum atomic E-state index is 0.265. The van der Waals surface area contributed by atoms with Crippen LogP contribution in [0.5, 0.6) is 0 Å². The number of allylic oxidation sites excluding steroid dienone is 2. The highest BCUT2D eigenvalue weighted by Crippen LogP contribution is 2.34. The van der Waals surface area contributed by atoms with Crippen molar-refractivity contribution in [2.45, 2.75) is 25.7 Å². The van der Waals surface area contributed by atoms with E-state index >= 15 is 0 Å². The standard InChI is InChI=1S/2C16H16N2O/c2*19-16-11-5-7-18(8-6-11)15(16)9-12-10-17-14-4-2-1-3-13(12)14/h2*1-4,9-11,17H,5-8H2/b2*15-9-. The first-order valence-electron chi connectivity index (χ1n) is 13.8. The molecule has 10 rings (SSSR count). The summed E-state index contributed by atoms with van der Waals surface area (Å²) >= 11 is 0. The molecule has 0 radical (unpaired) electrons. The minimum absolute atomic E-state index is 0.265. The number of nitrogens with zero attached hydrogens (tertiary/aromatic N) is 2. The highest BCUT2D eigenvalue weighted by molar-refractivity contribution is 6.04. The molecule has 192 valence electrons. The number of fused-ring (bicyclic) bond motifs is 8. The number of ketones is 2. The fraction of sp³-hybridized carbons (Fsp3) is 0.312. The first kappa shape index (κ1) is 23.1. The average Bonchev–Trinajstić information content (AvgIpc) is 3.58. The Morgan fingerprint density at radius 3 is 1.39 bits per heavy atom. The number of hydrogen-bond donors (Lipinski definition) is 2. The second-order valence-corrected chi connectivity index (χ2v) is 10.9. The molecule has 6 aliphatic heterocycles. The number of nitrogens with one attached hydrogen (secondary N) is 2. The molecule has 6 heteroatoms. The molecular weight excluding hydrogens is 472 g/mol. The van der Waals surface area contributed by atoms with Crippen molar-refractivity contribution in [1.82, 2.24) is 19.8 Å². The molecule has 6 nitrogen and oxygen atoms in total. The van der Waals surface area contributed by atoms with Gasteiger partial charge in [0, 0.05) is 83.3 Å². The van der Waals surface area contributed by atoms with Crippen molar-refractivity contribution in [1.29, 1.82) is 0 Å². The number of rotatable bonds is 2. The summed E-state index contributed by atoms with van der Waals surface area (Å²) in [6.07, 6.45) is 12.2. The number of carbonyl (C=O) groups excluding carboxylic acids is 2. The van der Waals surface area contributed by atoms with Crippen LogP contribution in [-0.2, 0) is 9.59 Å². The van der Waals surface area contributed by atoms with Crippen LogP contribution in [0.3, 0.4) is 0 Å². The van der Waals surface area contributed by atoms with Crippen molar-refractivity contribution < 1.29 is 9.59 Å². The van der Waals surface area contributed by atoms with Gasteiger partial charge in [0.05, 0.1) is 11.4 Å². The third-order valence-electron chi connectivity index (χ3n) is 8.74. The molecule has 0 atom stereocenters. The maximum Gasteiger partial charge on any atom is 0.182 e. The van der Waals surface area contributed by atoms with Crippen LogP contribution in [0, 0.1) is 11.8 Å². The second kappa shape index (κ2) is 9.35. The summed E-state index contributed by atoms with van der Waals surface area (Å²) in [5.41, 5.74) is 6.30. The van der Waals surface area contributed by atoms with Crippen molar-refractivity contribution in [3.63, 3.8) is 0 Å². The van der Waals surface area contributed by atoms with Crippen LogP contribution >= 0.6 is 0 Å². The fourth-order valence-electron chi connectivity index (χ4n) is 6.54. The summed E-state index contributed by atoms with van der Waals surface area (Å²) in [7, 11) is 0. The van der Waals surface area contributed by atoms with E-state index in [1.54, 1.807) is 0 Å². The van der Waals surface area contributed by atoms with Crippen molar-refractivity contribution in [2.75, 3.05) is 26.2 Å². The maximum atomic E-state index is 12.3. The molecule has 0 saturated carbocycles. The highest BCUT2D eigenvalue weighted by Gasteiger charge is 2.37. The molecule has 4 aromatic rings. The molecule has 0 unspecified atom stereocenters. The van der Waals surface area contributed by atoms with Crippen LogP contribution in [0.1, 0.15) is 36.8 Å².